The number of carbonyl (C=O) groups is 7. The van der Waals surface area contributed by atoms with E-state index in [1.165, 1.54) is 4.68 Å². The van der Waals surface area contributed by atoms with Gasteiger partial charge < -0.3 is 56.6 Å². The molecule has 0 bridgehead atoms. The summed E-state index contributed by atoms with van der Waals surface area (Å²) in [5.41, 5.74) is 6.95. The molecule has 1 saturated heterocycles. The summed E-state index contributed by atoms with van der Waals surface area (Å²) >= 11 is 0. The van der Waals surface area contributed by atoms with Crippen LogP contribution < -0.4 is 43.0 Å². The van der Waals surface area contributed by atoms with E-state index in [0.29, 0.717) is 51.5 Å². The smallest absolute Gasteiger partial charge is 0.408 e. The zero-order valence-electron chi connectivity index (χ0n) is 41.1. The molecule has 1 fully saturated rings. The number of nitrogens with one attached hydrogen (secondary N) is 7. The summed E-state index contributed by atoms with van der Waals surface area (Å²) < 4.78 is 23.4. The van der Waals surface area contributed by atoms with Crippen molar-refractivity contribution < 1.29 is 52.5 Å². The van der Waals surface area contributed by atoms with Crippen LogP contribution in [0.1, 0.15) is 89.9 Å². The fourth-order valence-corrected chi connectivity index (χ4v) is 6.22. The quantitative estimate of drug-likeness (QED) is 0.0348. The number of aryl methyl sites for hydroxylation is 1. The number of hydrogen-bond acceptors (Lipinski definition) is 15. The Hall–Kier alpha value is -7.21. The molecular formula is C49H71ClN12O11. The Labute approximate surface area is 431 Å². The van der Waals surface area contributed by atoms with Gasteiger partial charge in [-0.1, -0.05) is 98.4 Å². The van der Waals surface area contributed by atoms with Gasteiger partial charge in [-0.3, -0.25) is 24.5 Å². The summed E-state index contributed by atoms with van der Waals surface area (Å²) in [6.07, 6.45) is -0.435. The number of nitrogens with zero attached hydrogens (tertiary/aromatic N) is 4. The Morgan fingerprint density at radius 1 is 0.726 bits per heavy atom. The van der Waals surface area contributed by atoms with E-state index in [2.05, 4.69) is 52.7 Å². The SMILES string of the molecule is C.CC(C)(C)OC(=O)N[C@H](COCc1ccccc1)C(=O)NCCCNC(=O)OCc1ccccc1.CC(C)(N)C(=O)N[C@H](COCc1ccccc1)c1nnnn1CCCNC(=O)CC1NC(=O)NC1=O.Cl. The average Bonchev–Trinajstić information content (AvgIpc) is 3.93. The van der Waals surface area contributed by atoms with E-state index >= 15 is 0 Å². The number of ether oxygens (including phenoxy) is 4. The third kappa shape index (κ3) is 24.7. The number of urea groups is 1. The number of imide groups is 1. The van der Waals surface area contributed by atoms with Gasteiger partial charge >= 0.3 is 18.2 Å². The predicted molar refractivity (Wildman–Crippen MR) is 271 cm³/mol. The van der Waals surface area contributed by atoms with Gasteiger partial charge in [0.25, 0.3) is 5.91 Å². The van der Waals surface area contributed by atoms with E-state index in [4.69, 9.17) is 24.7 Å². The van der Waals surface area contributed by atoms with Crippen LogP contribution in [0.3, 0.4) is 0 Å². The fraction of sp³-hybridized carbons (Fsp3) is 0.469. The molecule has 4 aromatic rings. The normalized spacial score (nSPS) is 13.6. The van der Waals surface area contributed by atoms with Crippen LogP contribution in [0.4, 0.5) is 14.4 Å². The number of nitrogens with two attached hydrogens (primary N) is 1. The van der Waals surface area contributed by atoms with Crippen molar-refractivity contribution in [1.82, 2.24) is 57.4 Å². The molecule has 24 heteroatoms. The van der Waals surface area contributed by atoms with Gasteiger partial charge in [0, 0.05) is 26.2 Å². The Kier molecular flexibility index (Phi) is 27.1. The number of carbonyl (C=O) groups excluding carboxylic acids is 7. The van der Waals surface area contributed by atoms with E-state index in [1.54, 1.807) is 34.6 Å². The summed E-state index contributed by atoms with van der Waals surface area (Å²) in [6.45, 7) is 10.6. The first-order valence-electron chi connectivity index (χ1n) is 23.1. The van der Waals surface area contributed by atoms with Crippen molar-refractivity contribution in [3.63, 3.8) is 0 Å². The fourth-order valence-electron chi connectivity index (χ4n) is 6.22. The second-order valence-corrected chi connectivity index (χ2v) is 17.8. The molecule has 0 spiro atoms. The van der Waals surface area contributed by atoms with Crippen molar-refractivity contribution in [1.29, 1.82) is 0 Å². The van der Waals surface area contributed by atoms with Crippen LogP contribution >= 0.6 is 12.4 Å². The van der Waals surface area contributed by atoms with Gasteiger partial charge in [-0.05, 0) is 74.6 Å². The lowest BCUT2D eigenvalue weighted by Gasteiger charge is -2.23. The highest BCUT2D eigenvalue weighted by atomic mass is 35.5. The molecule has 8 amide bonds. The van der Waals surface area contributed by atoms with Crippen LogP contribution in [-0.2, 0) is 64.5 Å². The molecule has 1 aliphatic rings. The van der Waals surface area contributed by atoms with Crippen molar-refractivity contribution in [2.45, 2.75) is 117 Å². The lowest BCUT2D eigenvalue weighted by Crippen LogP contribution is -2.51. The second kappa shape index (κ2) is 32.0. The third-order valence-corrected chi connectivity index (χ3v) is 9.81. The molecule has 1 aliphatic heterocycles. The predicted octanol–water partition coefficient (Wildman–Crippen LogP) is 3.48. The van der Waals surface area contributed by atoms with Gasteiger partial charge in [-0.15, -0.1) is 17.5 Å². The molecule has 1 unspecified atom stereocenters. The Bertz CT molecular complexity index is 2320. The first-order valence-corrected chi connectivity index (χ1v) is 23.1. The van der Waals surface area contributed by atoms with Crippen molar-refractivity contribution in [2.24, 2.45) is 5.73 Å². The van der Waals surface area contributed by atoms with E-state index in [9.17, 15) is 33.6 Å². The Balaban J connectivity index is 0.000000487. The summed E-state index contributed by atoms with van der Waals surface area (Å²) in [5.74, 6) is -1.32. The highest BCUT2D eigenvalue weighted by Gasteiger charge is 2.32. The number of rotatable bonds is 25. The van der Waals surface area contributed by atoms with Crippen molar-refractivity contribution in [2.75, 3.05) is 32.8 Å². The van der Waals surface area contributed by atoms with Crippen LogP contribution in [0.25, 0.3) is 0 Å². The van der Waals surface area contributed by atoms with Crippen LogP contribution in [0, 0.1) is 0 Å². The maximum Gasteiger partial charge on any atom is 0.408 e. The lowest BCUT2D eigenvalue weighted by molar-refractivity contribution is -0.127. The van der Waals surface area contributed by atoms with Gasteiger partial charge in [0.05, 0.1) is 38.4 Å². The molecule has 0 saturated carbocycles. The van der Waals surface area contributed by atoms with E-state index in [-0.39, 0.29) is 64.4 Å². The molecule has 73 heavy (non-hydrogen) atoms. The minimum absolute atomic E-state index is 0. The molecule has 1 aromatic heterocycles. The van der Waals surface area contributed by atoms with Gasteiger partial charge in [0.15, 0.2) is 5.82 Å². The van der Waals surface area contributed by atoms with Crippen molar-refractivity contribution in [3.8, 4) is 0 Å². The minimum atomic E-state index is -1.12. The van der Waals surface area contributed by atoms with Crippen molar-refractivity contribution >= 4 is 54.3 Å². The number of hydrogen-bond donors (Lipinski definition) is 8. The molecule has 3 atom stereocenters. The van der Waals surface area contributed by atoms with E-state index in [0.717, 1.165) is 16.7 Å². The van der Waals surface area contributed by atoms with Gasteiger partial charge in [-0.25, -0.2) is 19.1 Å². The number of tetrazole rings is 1. The number of benzene rings is 3. The van der Waals surface area contributed by atoms with Crippen LogP contribution in [0.5, 0.6) is 0 Å². The number of amides is 8. The maximum atomic E-state index is 12.7. The summed E-state index contributed by atoms with van der Waals surface area (Å²) in [6, 6.07) is 25.4. The first kappa shape index (κ1) is 61.9. The topological polar surface area (TPSA) is 310 Å². The monoisotopic (exact) mass is 1040 g/mol. The van der Waals surface area contributed by atoms with Gasteiger partial charge in [0.1, 0.15) is 30.3 Å². The van der Waals surface area contributed by atoms with Gasteiger partial charge in [-0.2, -0.15) is 0 Å². The zero-order valence-corrected chi connectivity index (χ0v) is 42.0. The number of aromatic nitrogens is 4. The van der Waals surface area contributed by atoms with Crippen LogP contribution in [-0.4, -0.2) is 118 Å². The largest absolute Gasteiger partial charge is 0.445 e. The summed E-state index contributed by atoms with van der Waals surface area (Å²) in [4.78, 5) is 84.0. The third-order valence-electron chi connectivity index (χ3n) is 9.81. The molecule has 5 rings (SSSR count). The van der Waals surface area contributed by atoms with Crippen LogP contribution in [0.2, 0.25) is 0 Å². The second-order valence-electron chi connectivity index (χ2n) is 17.8. The Morgan fingerprint density at radius 3 is 1.82 bits per heavy atom. The molecular weight excluding hydrogens is 968 g/mol. The zero-order chi connectivity index (χ0) is 51.7. The van der Waals surface area contributed by atoms with Crippen LogP contribution in [0.15, 0.2) is 91.0 Å². The van der Waals surface area contributed by atoms with E-state index in [1.807, 2.05) is 91.0 Å². The number of halogens is 1. The first-order chi connectivity index (χ1) is 33.9. The minimum Gasteiger partial charge on any atom is -0.445 e. The van der Waals surface area contributed by atoms with E-state index < -0.39 is 59.3 Å². The molecule has 400 valence electrons. The number of alkyl carbamates (subject to hydrolysis) is 2. The summed E-state index contributed by atoms with van der Waals surface area (Å²) in [5, 5.41) is 29.7. The standard InChI is InChI=1S/C26H35N3O6.C22H31N9O5.CH4.ClH/c1-26(2,3)35-25(32)29-22(19-33-17-20-11-6-4-7-12-20)23(30)27-15-10-16-28-24(31)34-18-21-13-8-5-9-14-21;1-22(2,23)20(34)25-16(13-36-12-14-7-4-3-5-8-14)18-28-29-30-31(18)10-6-9-24-17(32)11-15-19(33)27-21(35)26-15;;/h4-9,11-14,22H,10,15-19H2,1-3H3,(H,27,30)(H,28,31)(H,29,32);3-5,7-8,15-16H,6,9-13,23H2,1-2H3,(H,24,32)(H,25,34)(H2,26,27,33,35);1H4;1H/t22-;15?,16-;;/m11../s1. The molecule has 0 aliphatic carbocycles. The molecule has 2 heterocycles. The molecule has 9 N–H and O–H groups in total. The molecule has 23 nitrogen and oxygen atoms in total. The molecule has 3 aromatic carbocycles. The summed E-state index contributed by atoms with van der Waals surface area (Å²) in [7, 11) is 0. The van der Waals surface area contributed by atoms with Gasteiger partial charge in [0.2, 0.25) is 17.7 Å². The van der Waals surface area contributed by atoms with Crippen molar-refractivity contribution in [3.05, 3.63) is 114 Å². The highest BCUT2D eigenvalue weighted by molar-refractivity contribution is 6.05. The molecule has 0 radical (unpaired) electrons. The average molecular weight is 1040 g/mol. The Morgan fingerprint density at radius 2 is 1.27 bits per heavy atom. The highest BCUT2D eigenvalue weighted by Crippen LogP contribution is 2.14. The lowest BCUT2D eigenvalue weighted by atomic mass is 10.1. The maximum absolute atomic E-state index is 12.7.